The third-order valence-corrected chi connectivity index (χ3v) is 5.63. The summed E-state index contributed by atoms with van der Waals surface area (Å²) in [6, 6.07) is 6.07. The molecule has 0 amide bonds. The molecule has 1 atom stereocenters. The van der Waals surface area contributed by atoms with Crippen molar-refractivity contribution < 1.29 is 9.34 Å². The highest BCUT2D eigenvalue weighted by molar-refractivity contribution is 7.99. The van der Waals surface area contributed by atoms with E-state index in [-0.39, 0.29) is 10.9 Å². The Balaban J connectivity index is 1.77. The van der Waals surface area contributed by atoms with Crippen LogP contribution in [0.4, 0.5) is 5.69 Å². The van der Waals surface area contributed by atoms with E-state index in [2.05, 4.69) is 28.6 Å². The highest BCUT2D eigenvalue weighted by Gasteiger charge is 2.20. The maximum atomic E-state index is 10.8. The molecule has 2 heterocycles. The molecule has 0 aliphatic rings. The van der Waals surface area contributed by atoms with E-state index in [1.807, 2.05) is 13.8 Å². The van der Waals surface area contributed by atoms with Crippen LogP contribution in [0.2, 0.25) is 0 Å². The van der Waals surface area contributed by atoms with Gasteiger partial charge in [0.05, 0.1) is 15.9 Å². The summed E-state index contributed by atoms with van der Waals surface area (Å²) in [6.07, 6.45) is 2.22. The molecular weight excluding hydrogens is 378 g/mol. The van der Waals surface area contributed by atoms with Crippen molar-refractivity contribution in [2.24, 2.45) is 0 Å². The number of nitro groups is 1. The zero-order chi connectivity index (χ0) is 20.3. The highest BCUT2D eigenvalue weighted by Crippen LogP contribution is 2.35. The van der Waals surface area contributed by atoms with Crippen LogP contribution >= 0.6 is 11.8 Å². The van der Waals surface area contributed by atoms with Gasteiger partial charge in [0.1, 0.15) is 0 Å². The van der Waals surface area contributed by atoms with Gasteiger partial charge in [0.25, 0.3) is 5.69 Å². The lowest BCUT2D eigenvalue weighted by Crippen LogP contribution is -2.03. The summed E-state index contributed by atoms with van der Waals surface area (Å²) >= 11 is 1.59. The maximum Gasteiger partial charge on any atom is 0.269 e. The Morgan fingerprint density at radius 1 is 1.25 bits per heavy atom. The number of aryl methyl sites for hydroxylation is 1. The van der Waals surface area contributed by atoms with Crippen molar-refractivity contribution in [2.45, 2.75) is 57.5 Å². The Hall–Kier alpha value is -2.68. The second kappa shape index (κ2) is 8.55. The first-order valence-electron chi connectivity index (χ1n) is 9.19. The summed E-state index contributed by atoms with van der Waals surface area (Å²) in [6.45, 7) is 9.22. The molecule has 0 bridgehead atoms. The van der Waals surface area contributed by atoms with Crippen molar-refractivity contribution in [3.8, 4) is 11.5 Å². The summed E-state index contributed by atoms with van der Waals surface area (Å²) in [7, 11) is 0. The van der Waals surface area contributed by atoms with Crippen molar-refractivity contribution in [3.63, 3.8) is 0 Å². The van der Waals surface area contributed by atoms with E-state index in [4.69, 9.17) is 9.40 Å². The number of nitrogens with zero attached hydrogens (tertiary/aromatic N) is 5. The van der Waals surface area contributed by atoms with E-state index in [1.165, 1.54) is 17.8 Å². The van der Waals surface area contributed by atoms with Gasteiger partial charge in [0.15, 0.2) is 5.16 Å². The van der Waals surface area contributed by atoms with Crippen molar-refractivity contribution >= 4 is 17.4 Å². The lowest BCUT2D eigenvalue weighted by atomic mass is 10.2. The number of thioether (sulfide) groups is 1. The molecule has 9 heteroatoms. The number of rotatable bonds is 8. The van der Waals surface area contributed by atoms with E-state index >= 15 is 0 Å². The molecule has 148 valence electrons. The van der Waals surface area contributed by atoms with Crippen molar-refractivity contribution in [2.75, 3.05) is 0 Å². The molecule has 0 saturated heterocycles. The van der Waals surface area contributed by atoms with Crippen LogP contribution in [0.3, 0.4) is 0 Å². The van der Waals surface area contributed by atoms with Gasteiger partial charge in [-0.3, -0.25) is 10.1 Å². The number of aromatic nitrogens is 4. The second-order valence-corrected chi connectivity index (χ2v) is 7.89. The summed E-state index contributed by atoms with van der Waals surface area (Å²) in [5.41, 5.74) is 2.89. The van der Waals surface area contributed by atoms with E-state index < -0.39 is 4.92 Å². The fourth-order valence-corrected chi connectivity index (χ4v) is 3.80. The third-order valence-electron chi connectivity index (χ3n) is 4.55. The van der Waals surface area contributed by atoms with E-state index in [0.29, 0.717) is 17.3 Å². The minimum Gasteiger partial charge on any atom is -0.419 e. The van der Waals surface area contributed by atoms with Crippen LogP contribution in [0.5, 0.6) is 0 Å². The first-order valence-corrected chi connectivity index (χ1v) is 10.1. The average Bonchev–Trinajstić information content (AvgIpc) is 3.27. The molecule has 3 rings (SSSR count). The molecule has 0 N–H and O–H groups in total. The lowest BCUT2D eigenvalue weighted by Gasteiger charge is -2.11. The van der Waals surface area contributed by atoms with Crippen LogP contribution in [0.15, 0.2) is 33.8 Å². The summed E-state index contributed by atoms with van der Waals surface area (Å²) < 4.78 is 8.06. The Morgan fingerprint density at radius 3 is 2.61 bits per heavy atom. The fourth-order valence-electron chi connectivity index (χ4n) is 2.74. The molecule has 3 aromatic rings. The Bertz CT molecular complexity index is 965. The molecule has 8 nitrogen and oxygen atoms in total. The van der Waals surface area contributed by atoms with Crippen LogP contribution in [0.1, 0.15) is 49.2 Å². The summed E-state index contributed by atoms with van der Waals surface area (Å²) in [5.74, 6) is 0.845. The van der Waals surface area contributed by atoms with Gasteiger partial charge in [-0.2, -0.15) is 0 Å². The minimum atomic E-state index is -0.438. The molecule has 2 aromatic heterocycles. The van der Waals surface area contributed by atoms with E-state index in [1.54, 1.807) is 23.9 Å². The number of hydrogen-bond acceptors (Lipinski definition) is 7. The predicted octanol–water partition coefficient (Wildman–Crippen LogP) is 5.11. The Labute approximate surface area is 167 Å². The number of imidazole rings is 1. The smallest absolute Gasteiger partial charge is 0.269 e. The normalized spacial score (nSPS) is 12.3. The van der Waals surface area contributed by atoms with Gasteiger partial charge in [-0.05, 0) is 39.3 Å². The average molecular weight is 401 g/mol. The molecule has 0 aliphatic carbocycles. The van der Waals surface area contributed by atoms with E-state index in [9.17, 15) is 10.1 Å². The monoisotopic (exact) mass is 401 g/mol. The number of hydrogen-bond donors (Lipinski definition) is 0. The second-order valence-electron chi connectivity index (χ2n) is 6.58. The standard InChI is InChI=1S/C19H23N5O3S/c1-5-6-11-23-13(3)12(2)20-19(23)28-14(4)17-21-22-18(27-17)15-7-9-16(10-8-15)24(25)26/h7-10,14H,5-6,11H2,1-4H3/t14-/m0/s1. The SMILES string of the molecule is CCCCn1c(S[C@@H](C)c2nnc(-c3ccc([N+](=O)[O-])cc3)o2)nc(C)c1C. The van der Waals surface area contributed by atoms with Gasteiger partial charge in [0.2, 0.25) is 11.8 Å². The third kappa shape index (κ3) is 4.24. The first-order chi connectivity index (χ1) is 13.4. The Kier molecular flexibility index (Phi) is 6.13. The van der Waals surface area contributed by atoms with Crippen LogP contribution in [-0.4, -0.2) is 24.7 Å². The number of benzene rings is 1. The fraction of sp³-hybridized carbons (Fsp3) is 0.421. The lowest BCUT2D eigenvalue weighted by molar-refractivity contribution is -0.384. The van der Waals surface area contributed by atoms with Gasteiger partial charge >= 0.3 is 0 Å². The molecule has 0 aliphatic heterocycles. The number of unbranched alkanes of at least 4 members (excludes halogenated alkanes) is 1. The van der Waals surface area contributed by atoms with Crippen LogP contribution < -0.4 is 0 Å². The van der Waals surface area contributed by atoms with Gasteiger partial charge in [-0.15, -0.1) is 10.2 Å². The minimum absolute atomic E-state index is 0.0251. The Morgan fingerprint density at radius 2 is 1.96 bits per heavy atom. The van der Waals surface area contributed by atoms with Crippen molar-refractivity contribution in [1.29, 1.82) is 0 Å². The largest absolute Gasteiger partial charge is 0.419 e. The summed E-state index contributed by atoms with van der Waals surface area (Å²) in [5, 5.41) is 19.9. The van der Waals surface area contributed by atoms with Crippen molar-refractivity contribution in [3.05, 3.63) is 51.7 Å². The zero-order valence-corrected chi connectivity index (χ0v) is 17.2. The van der Waals surface area contributed by atoms with Crippen LogP contribution in [0.25, 0.3) is 11.5 Å². The first kappa shape index (κ1) is 20.1. The van der Waals surface area contributed by atoms with E-state index in [0.717, 1.165) is 30.2 Å². The molecule has 0 saturated carbocycles. The topological polar surface area (TPSA) is 99.9 Å². The van der Waals surface area contributed by atoms with Gasteiger partial charge in [-0.1, -0.05) is 25.1 Å². The zero-order valence-electron chi connectivity index (χ0n) is 16.4. The summed E-state index contributed by atoms with van der Waals surface area (Å²) in [4.78, 5) is 15.0. The van der Waals surface area contributed by atoms with Crippen molar-refractivity contribution in [1.82, 2.24) is 19.7 Å². The number of non-ortho nitro benzene ring substituents is 1. The molecule has 1 aromatic carbocycles. The molecule has 0 fully saturated rings. The van der Waals surface area contributed by atoms with Gasteiger partial charge < -0.3 is 8.98 Å². The van der Waals surface area contributed by atoms with Crippen LogP contribution in [0, 0.1) is 24.0 Å². The molecule has 0 spiro atoms. The van der Waals surface area contributed by atoms with Gasteiger partial charge in [0, 0.05) is 29.9 Å². The predicted molar refractivity (Wildman–Crippen MR) is 107 cm³/mol. The molecule has 28 heavy (non-hydrogen) atoms. The molecular formula is C19H23N5O3S. The maximum absolute atomic E-state index is 10.8. The molecule has 0 unspecified atom stereocenters. The molecule has 0 radical (unpaired) electrons. The quantitative estimate of drug-likeness (QED) is 0.294. The van der Waals surface area contributed by atoms with Gasteiger partial charge in [-0.25, -0.2) is 4.98 Å². The highest BCUT2D eigenvalue weighted by atomic mass is 32.2. The number of nitro benzene ring substituents is 1. The van der Waals surface area contributed by atoms with Crippen LogP contribution in [-0.2, 0) is 6.54 Å².